The van der Waals surface area contributed by atoms with Gasteiger partial charge in [-0.2, -0.15) is 0 Å². The molecule has 0 radical (unpaired) electrons. The number of unbranched alkanes of at least 4 members (excludes halogenated alkanes) is 17. The van der Waals surface area contributed by atoms with E-state index in [0.29, 0.717) is 17.4 Å². The number of likely N-dealkylation sites (N-methyl/N-ethyl adjacent to an activating group) is 1. The molecule has 0 aliphatic heterocycles. The summed E-state index contributed by atoms with van der Waals surface area (Å²) in [6, 6.07) is -0.911. The lowest BCUT2D eigenvalue weighted by molar-refractivity contribution is -0.870. The third kappa shape index (κ3) is 36.6. The van der Waals surface area contributed by atoms with Crippen molar-refractivity contribution >= 4 is 13.7 Å². The molecule has 0 aliphatic rings. The predicted octanol–water partition coefficient (Wildman–Crippen LogP) is 10.3. The highest BCUT2D eigenvalue weighted by Gasteiger charge is 2.23. The number of phosphoric acid groups is 1. The third-order valence-electron chi connectivity index (χ3n) is 8.72. The summed E-state index contributed by atoms with van der Waals surface area (Å²) in [4.78, 5) is 25.2. The van der Waals surface area contributed by atoms with Crippen molar-refractivity contribution in [1.82, 2.24) is 5.32 Å². The zero-order valence-corrected chi connectivity index (χ0v) is 34.4. The molecule has 1 amide bonds. The van der Waals surface area contributed by atoms with E-state index in [0.717, 1.165) is 70.6 Å². The van der Waals surface area contributed by atoms with Crippen LogP contribution in [0.1, 0.15) is 162 Å². The second-order valence-electron chi connectivity index (χ2n) is 15.0. The standard InChI is InChI=1S/C42H79N2O6P/c1-6-8-10-12-14-16-18-19-20-21-22-23-24-26-28-30-32-34-36-42(46)43-40(39-50-51(47,48)49-38-37-44(3,4)5)41(45)35-33-31-29-27-25-17-15-13-11-9-7-2/h11,13,22-23,25,27,33,35,40-41,45H,6-10,12,14-21,24,26,28-32,34,36-39H2,1-5H3,(H-,43,46,47,48)/b13-11+,23-22-,27-25+,35-33+. The Balaban J connectivity index is 4.48. The van der Waals surface area contributed by atoms with Crippen LogP contribution in [0.25, 0.3) is 0 Å². The molecule has 51 heavy (non-hydrogen) atoms. The second kappa shape index (κ2) is 34.2. The van der Waals surface area contributed by atoms with E-state index in [1.54, 1.807) is 6.08 Å². The number of carbonyl (C=O) groups excluding carboxylic acids is 1. The van der Waals surface area contributed by atoms with E-state index in [2.05, 4.69) is 55.6 Å². The minimum atomic E-state index is -4.59. The molecule has 3 unspecified atom stereocenters. The summed E-state index contributed by atoms with van der Waals surface area (Å²) in [5.74, 6) is -0.224. The first kappa shape index (κ1) is 49.5. The monoisotopic (exact) mass is 739 g/mol. The zero-order valence-electron chi connectivity index (χ0n) is 33.5. The Labute approximate surface area is 314 Å². The van der Waals surface area contributed by atoms with Crippen molar-refractivity contribution in [2.75, 3.05) is 40.9 Å². The summed E-state index contributed by atoms with van der Waals surface area (Å²) >= 11 is 0. The van der Waals surface area contributed by atoms with Crippen LogP contribution in [0.5, 0.6) is 0 Å². The van der Waals surface area contributed by atoms with Crippen molar-refractivity contribution < 1.29 is 32.9 Å². The number of quaternary nitrogens is 1. The van der Waals surface area contributed by atoms with E-state index in [-0.39, 0.29) is 12.5 Å². The highest BCUT2D eigenvalue weighted by atomic mass is 31.2. The summed E-state index contributed by atoms with van der Waals surface area (Å²) in [6.45, 7) is 4.51. The number of aliphatic hydroxyl groups is 1. The SMILES string of the molecule is CCC/C=C/CC/C=C/CC/C=C/C(O)C(COP(=O)([O-])OCC[N+](C)(C)C)NC(=O)CCCCCCC/C=C\CCCCCCCCCCC. The lowest BCUT2D eigenvalue weighted by Crippen LogP contribution is -2.45. The van der Waals surface area contributed by atoms with Gasteiger partial charge in [0.15, 0.2) is 0 Å². The van der Waals surface area contributed by atoms with Gasteiger partial charge in [-0.25, -0.2) is 0 Å². The van der Waals surface area contributed by atoms with Gasteiger partial charge in [-0.1, -0.05) is 140 Å². The molecular weight excluding hydrogens is 659 g/mol. The van der Waals surface area contributed by atoms with E-state index in [4.69, 9.17) is 9.05 Å². The quantitative estimate of drug-likeness (QED) is 0.0287. The molecule has 9 heteroatoms. The Bertz CT molecular complexity index is 975. The summed E-state index contributed by atoms with van der Waals surface area (Å²) in [5.41, 5.74) is 0. The Morgan fingerprint density at radius 2 is 1.14 bits per heavy atom. The maximum Gasteiger partial charge on any atom is 0.268 e. The fourth-order valence-corrected chi connectivity index (χ4v) is 6.14. The average molecular weight is 739 g/mol. The van der Waals surface area contributed by atoms with Gasteiger partial charge in [-0.3, -0.25) is 9.36 Å². The topological polar surface area (TPSA) is 108 Å². The third-order valence-corrected chi connectivity index (χ3v) is 9.68. The number of allylic oxidation sites excluding steroid dienone is 7. The molecule has 0 bridgehead atoms. The molecular formula is C42H79N2O6P. The Hall–Kier alpha value is -1.54. The number of rotatable bonds is 36. The van der Waals surface area contributed by atoms with Crippen molar-refractivity contribution in [1.29, 1.82) is 0 Å². The maximum atomic E-state index is 12.8. The van der Waals surface area contributed by atoms with Crippen LogP contribution < -0.4 is 10.2 Å². The van der Waals surface area contributed by atoms with Crippen molar-refractivity contribution in [3.05, 3.63) is 48.6 Å². The first-order chi connectivity index (χ1) is 24.5. The molecule has 0 aromatic heterocycles. The minimum absolute atomic E-state index is 0.0120. The molecule has 0 heterocycles. The largest absolute Gasteiger partial charge is 0.756 e. The number of hydrogen-bond acceptors (Lipinski definition) is 6. The molecule has 298 valence electrons. The van der Waals surface area contributed by atoms with E-state index in [1.807, 2.05) is 27.2 Å². The van der Waals surface area contributed by atoms with Crippen LogP contribution in [-0.4, -0.2) is 68.5 Å². The molecule has 3 atom stereocenters. The molecule has 0 aromatic rings. The highest BCUT2D eigenvalue weighted by molar-refractivity contribution is 7.45. The van der Waals surface area contributed by atoms with E-state index < -0.39 is 26.6 Å². The number of carbonyl (C=O) groups is 1. The van der Waals surface area contributed by atoms with Crippen LogP contribution >= 0.6 is 7.82 Å². The number of phosphoric ester groups is 1. The van der Waals surface area contributed by atoms with Crippen LogP contribution in [0.3, 0.4) is 0 Å². The summed E-state index contributed by atoms with van der Waals surface area (Å²) < 4.78 is 23.1. The van der Waals surface area contributed by atoms with Crippen LogP contribution in [0.15, 0.2) is 48.6 Å². The number of hydrogen-bond donors (Lipinski definition) is 2. The van der Waals surface area contributed by atoms with Crippen molar-refractivity contribution in [2.24, 2.45) is 0 Å². The summed E-state index contributed by atoms with van der Waals surface area (Å²) in [6.07, 6.45) is 41.6. The Morgan fingerprint density at radius 3 is 1.67 bits per heavy atom. The molecule has 0 spiro atoms. The molecule has 0 rings (SSSR count). The van der Waals surface area contributed by atoms with E-state index in [1.165, 1.54) is 70.6 Å². The average Bonchev–Trinajstić information content (AvgIpc) is 3.07. The first-order valence-electron chi connectivity index (χ1n) is 20.5. The number of amides is 1. The maximum absolute atomic E-state index is 12.8. The Kier molecular flexibility index (Phi) is 33.2. The molecule has 0 fully saturated rings. The first-order valence-corrected chi connectivity index (χ1v) is 22.0. The van der Waals surface area contributed by atoms with E-state index >= 15 is 0 Å². The highest BCUT2D eigenvalue weighted by Crippen LogP contribution is 2.38. The molecule has 8 nitrogen and oxygen atoms in total. The number of nitrogens with one attached hydrogen (secondary N) is 1. The minimum Gasteiger partial charge on any atom is -0.756 e. The van der Waals surface area contributed by atoms with Gasteiger partial charge < -0.3 is 28.8 Å². The van der Waals surface area contributed by atoms with Gasteiger partial charge in [-0.15, -0.1) is 0 Å². The summed E-state index contributed by atoms with van der Waals surface area (Å²) in [7, 11) is 1.22. The van der Waals surface area contributed by atoms with Gasteiger partial charge in [-0.05, 0) is 64.2 Å². The van der Waals surface area contributed by atoms with Crippen molar-refractivity contribution in [2.45, 2.75) is 174 Å². The number of aliphatic hydroxyl groups excluding tert-OH is 1. The van der Waals surface area contributed by atoms with Gasteiger partial charge in [0, 0.05) is 6.42 Å². The smallest absolute Gasteiger partial charge is 0.268 e. The van der Waals surface area contributed by atoms with Crippen LogP contribution in [-0.2, 0) is 18.4 Å². The zero-order chi connectivity index (χ0) is 37.9. The predicted molar refractivity (Wildman–Crippen MR) is 214 cm³/mol. The molecule has 2 N–H and O–H groups in total. The van der Waals surface area contributed by atoms with Crippen LogP contribution in [0.2, 0.25) is 0 Å². The van der Waals surface area contributed by atoms with Crippen molar-refractivity contribution in [3.63, 3.8) is 0 Å². The van der Waals surface area contributed by atoms with Crippen molar-refractivity contribution in [3.8, 4) is 0 Å². The lowest BCUT2D eigenvalue weighted by Gasteiger charge is -2.29. The molecule has 0 aromatic carbocycles. The fraction of sp³-hybridized carbons (Fsp3) is 0.786. The number of nitrogens with zero attached hydrogens (tertiary/aromatic N) is 1. The van der Waals surface area contributed by atoms with Gasteiger partial charge in [0.25, 0.3) is 7.82 Å². The molecule has 0 saturated heterocycles. The van der Waals surface area contributed by atoms with Crippen LogP contribution in [0.4, 0.5) is 0 Å². The van der Waals surface area contributed by atoms with Gasteiger partial charge in [0.1, 0.15) is 13.2 Å². The second-order valence-corrected chi connectivity index (χ2v) is 16.4. The Morgan fingerprint density at radius 1 is 0.667 bits per heavy atom. The normalized spacial score (nSPS) is 15.0. The molecule has 0 saturated carbocycles. The van der Waals surface area contributed by atoms with E-state index in [9.17, 15) is 19.4 Å². The van der Waals surface area contributed by atoms with Crippen LogP contribution in [0, 0.1) is 0 Å². The van der Waals surface area contributed by atoms with Gasteiger partial charge in [0.2, 0.25) is 5.91 Å². The lowest BCUT2D eigenvalue weighted by atomic mass is 10.1. The summed E-state index contributed by atoms with van der Waals surface area (Å²) in [5, 5.41) is 13.7. The van der Waals surface area contributed by atoms with Gasteiger partial charge >= 0.3 is 0 Å². The fourth-order valence-electron chi connectivity index (χ4n) is 5.42. The molecule has 0 aliphatic carbocycles. The van der Waals surface area contributed by atoms with Gasteiger partial charge in [0.05, 0.1) is 39.9 Å².